The molecule has 54 valence electrons. The van der Waals surface area contributed by atoms with E-state index in [1.807, 2.05) is 0 Å². The van der Waals surface area contributed by atoms with Crippen molar-refractivity contribution in [1.29, 1.82) is 0 Å². The molecular formula is C7H11N2O+. The average molecular weight is 139 g/mol. The molecular weight excluding hydrogens is 128 g/mol. The molecule has 0 bridgehead atoms. The zero-order valence-electron chi connectivity index (χ0n) is 6.15. The standard InChI is InChI=1S/C7H11N2O/c1-6(2)7-3-8-5-9(10)4-7/h3-6,10H,1-2H3/q+1. The second-order valence-electron chi connectivity index (χ2n) is 2.56. The molecule has 1 N–H and O–H groups in total. The van der Waals surface area contributed by atoms with Crippen molar-refractivity contribution in [2.75, 3.05) is 0 Å². The van der Waals surface area contributed by atoms with E-state index in [2.05, 4.69) is 18.8 Å². The third-order valence-corrected chi connectivity index (χ3v) is 1.36. The Hall–Kier alpha value is -1.12. The highest BCUT2D eigenvalue weighted by molar-refractivity contribution is 5.04. The first-order valence-corrected chi connectivity index (χ1v) is 3.25. The summed E-state index contributed by atoms with van der Waals surface area (Å²) in [6.07, 6.45) is 4.75. The van der Waals surface area contributed by atoms with Crippen molar-refractivity contribution in [2.24, 2.45) is 0 Å². The minimum atomic E-state index is 0.409. The summed E-state index contributed by atoms with van der Waals surface area (Å²) in [4.78, 5) is 3.82. The highest BCUT2D eigenvalue weighted by Gasteiger charge is 2.03. The molecule has 1 rings (SSSR count). The summed E-state index contributed by atoms with van der Waals surface area (Å²) in [6, 6.07) is 0. The van der Waals surface area contributed by atoms with Gasteiger partial charge < -0.3 is 5.21 Å². The van der Waals surface area contributed by atoms with Gasteiger partial charge in [-0.05, 0) is 5.92 Å². The van der Waals surface area contributed by atoms with Gasteiger partial charge in [-0.2, -0.15) is 0 Å². The summed E-state index contributed by atoms with van der Waals surface area (Å²) in [6.45, 7) is 4.11. The van der Waals surface area contributed by atoms with Gasteiger partial charge in [-0.1, -0.05) is 23.6 Å². The van der Waals surface area contributed by atoms with Gasteiger partial charge in [0.2, 0.25) is 0 Å². The molecule has 1 aromatic heterocycles. The quantitative estimate of drug-likeness (QED) is 0.460. The number of rotatable bonds is 1. The third-order valence-electron chi connectivity index (χ3n) is 1.36. The molecule has 0 aliphatic heterocycles. The SMILES string of the molecule is CC(C)c1cnc[n+](O)c1. The van der Waals surface area contributed by atoms with E-state index < -0.39 is 0 Å². The molecule has 1 heterocycles. The first kappa shape index (κ1) is 6.99. The van der Waals surface area contributed by atoms with Crippen LogP contribution in [0.15, 0.2) is 18.7 Å². The lowest BCUT2D eigenvalue weighted by atomic mass is 10.1. The van der Waals surface area contributed by atoms with Crippen molar-refractivity contribution in [2.45, 2.75) is 19.8 Å². The van der Waals surface area contributed by atoms with E-state index >= 15 is 0 Å². The molecule has 0 spiro atoms. The molecule has 0 atom stereocenters. The fourth-order valence-electron chi connectivity index (χ4n) is 0.705. The Morgan fingerprint density at radius 2 is 2.30 bits per heavy atom. The van der Waals surface area contributed by atoms with Crippen LogP contribution in [-0.2, 0) is 0 Å². The predicted molar refractivity (Wildman–Crippen MR) is 35.7 cm³/mol. The minimum absolute atomic E-state index is 0.409. The summed E-state index contributed by atoms with van der Waals surface area (Å²) in [5, 5.41) is 8.92. The normalized spacial score (nSPS) is 10.3. The van der Waals surface area contributed by atoms with Gasteiger partial charge in [0, 0.05) is 5.56 Å². The molecule has 1 aromatic rings. The van der Waals surface area contributed by atoms with Crippen LogP contribution in [0.25, 0.3) is 0 Å². The van der Waals surface area contributed by atoms with Crippen molar-refractivity contribution < 1.29 is 9.94 Å². The van der Waals surface area contributed by atoms with Crippen LogP contribution >= 0.6 is 0 Å². The van der Waals surface area contributed by atoms with Crippen LogP contribution in [0.2, 0.25) is 0 Å². The summed E-state index contributed by atoms with van der Waals surface area (Å²) in [5.74, 6) is 0.409. The van der Waals surface area contributed by atoms with Crippen LogP contribution in [0.4, 0.5) is 0 Å². The lowest BCUT2D eigenvalue weighted by Crippen LogP contribution is -2.30. The number of nitrogens with zero attached hydrogens (tertiary/aromatic N) is 2. The summed E-state index contributed by atoms with van der Waals surface area (Å²) in [5.41, 5.74) is 1.03. The maximum Gasteiger partial charge on any atom is 0.324 e. The van der Waals surface area contributed by atoms with Crippen molar-refractivity contribution in [3.8, 4) is 0 Å². The van der Waals surface area contributed by atoms with Gasteiger partial charge in [-0.3, -0.25) is 0 Å². The molecule has 0 saturated heterocycles. The smallest absolute Gasteiger partial charge is 0.324 e. The number of hydrogen-bond acceptors (Lipinski definition) is 2. The van der Waals surface area contributed by atoms with Crippen LogP contribution in [0.1, 0.15) is 25.3 Å². The van der Waals surface area contributed by atoms with E-state index in [1.54, 1.807) is 12.4 Å². The third kappa shape index (κ3) is 1.43. The first-order valence-electron chi connectivity index (χ1n) is 3.25. The zero-order chi connectivity index (χ0) is 7.56. The van der Waals surface area contributed by atoms with E-state index in [1.165, 1.54) is 6.33 Å². The first-order chi connectivity index (χ1) is 4.70. The minimum Gasteiger partial charge on any atom is -0.350 e. The van der Waals surface area contributed by atoms with Gasteiger partial charge >= 0.3 is 6.33 Å². The fraction of sp³-hybridized carbons (Fsp3) is 0.429. The Balaban J connectivity index is 2.96. The zero-order valence-corrected chi connectivity index (χ0v) is 6.15. The van der Waals surface area contributed by atoms with E-state index in [4.69, 9.17) is 5.21 Å². The van der Waals surface area contributed by atoms with E-state index in [9.17, 15) is 0 Å². The van der Waals surface area contributed by atoms with Gasteiger partial charge in [0.05, 0.1) is 0 Å². The number of aromatic nitrogens is 2. The molecule has 3 nitrogen and oxygen atoms in total. The predicted octanol–water partition coefficient (Wildman–Crippen LogP) is 0.730. The Labute approximate surface area is 59.9 Å². The Morgan fingerprint density at radius 3 is 2.70 bits per heavy atom. The highest BCUT2D eigenvalue weighted by Crippen LogP contribution is 2.08. The van der Waals surface area contributed by atoms with Crippen LogP contribution in [0.3, 0.4) is 0 Å². The maximum absolute atomic E-state index is 8.92. The van der Waals surface area contributed by atoms with E-state index in [-0.39, 0.29) is 0 Å². The Morgan fingerprint density at radius 1 is 1.60 bits per heavy atom. The van der Waals surface area contributed by atoms with E-state index in [0.29, 0.717) is 5.92 Å². The van der Waals surface area contributed by atoms with Crippen molar-refractivity contribution >= 4 is 0 Å². The molecule has 3 heteroatoms. The largest absolute Gasteiger partial charge is 0.350 e. The molecule has 0 aromatic carbocycles. The summed E-state index contributed by atoms with van der Waals surface area (Å²) in [7, 11) is 0. The topological polar surface area (TPSA) is 37.0 Å². The molecule has 0 amide bonds. The van der Waals surface area contributed by atoms with Gasteiger partial charge in [0.1, 0.15) is 12.4 Å². The van der Waals surface area contributed by atoms with Gasteiger partial charge in [-0.25, -0.2) is 0 Å². The highest BCUT2D eigenvalue weighted by atomic mass is 16.5. The molecule has 0 saturated carbocycles. The van der Waals surface area contributed by atoms with Gasteiger partial charge in [0.15, 0.2) is 0 Å². The molecule has 0 aliphatic carbocycles. The second-order valence-corrected chi connectivity index (χ2v) is 2.56. The van der Waals surface area contributed by atoms with Crippen molar-refractivity contribution in [3.63, 3.8) is 0 Å². The van der Waals surface area contributed by atoms with Gasteiger partial charge in [0.25, 0.3) is 0 Å². The fourth-order valence-corrected chi connectivity index (χ4v) is 0.705. The van der Waals surface area contributed by atoms with E-state index in [0.717, 1.165) is 10.3 Å². The van der Waals surface area contributed by atoms with Gasteiger partial charge in [-0.15, -0.1) is 0 Å². The summed E-state index contributed by atoms with van der Waals surface area (Å²) < 4.78 is 0.968. The van der Waals surface area contributed by atoms with Crippen LogP contribution < -0.4 is 4.73 Å². The van der Waals surface area contributed by atoms with Crippen LogP contribution in [-0.4, -0.2) is 10.2 Å². The average Bonchev–Trinajstić information content (AvgIpc) is 1.88. The van der Waals surface area contributed by atoms with Crippen LogP contribution in [0.5, 0.6) is 0 Å². The maximum atomic E-state index is 8.92. The summed E-state index contributed by atoms with van der Waals surface area (Å²) >= 11 is 0. The molecule has 0 unspecified atom stereocenters. The lowest BCUT2D eigenvalue weighted by molar-refractivity contribution is -0.907. The monoisotopic (exact) mass is 139 g/mol. The molecule has 0 radical (unpaired) electrons. The van der Waals surface area contributed by atoms with Crippen molar-refractivity contribution in [1.82, 2.24) is 4.98 Å². The van der Waals surface area contributed by atoms with Crippen LogP contribution in [0, 0.1) is 0 Å². The molecule has 0 fully saturated rings. The lowest BCUT2D eigenvalue weighted by Gasteiger charge is -1.98. The Bertz CT molecular complexity index is 223. The number of hydrogen-bond donors (Lipinski definition) is 1. The molecule has 10 heavy (non-hydrogen) atoms. The van der Waals surface area contributed by atoms with Crippen molar-refractivity contribution in [3.05, 3.63) is 24.3 Å². The second kappa shape index (κ2) is 2.64. The Kier molecular flexibility index (Phi) is 1.85. The molecule has 0 aliphatic rings.